The molecule has 3 aliphatic heterocycles. The smallest absolute Gasteiger partial charge is 0.229 e. The predicted octanol–water partition coefficient (Wildman–Crippen LogP) is 7.04. The van der Waals surface area contributed by atoms with Gasteiger partial charge >= 0.3 is 0 Å². The highest BCUT2D eigenvalue weighted by Gasteiger charge is 2.29. The van der Waals surface area contributed by atoms with Crippen LogP contribution in [0.25, 0.3) is 11.3 Å². The lowest BCUT2D eigenvalue weighted by Crippen LogP contribution is -2.47. The molecule has 7 rings (SSSR count). The first-order valence-electron chi connectivity index (χ1n) is 21.8. The molecule has 1 unspecified atom stereocenters. The predicted molar refractivity (Wildman–Crippen MR) is 236 cm³/mol. The van der Waals surface area contributed by atoms with E-state index in [0.717, 1.165) is 101 Å². The molecule has 2 aromatic heterocycles. The van der Waals surface area contributed by atoms with Crippen LogP contribution in [-0.2, 0) is 16.1 Å². The minimum absolute atomic E-state index is 0.00764. The first-order chi connectivity index (χ1) is 30.1. The number of carbonyl (C=O) groups is 3. The van der Waals surface area contributed by atoms with E-state index in [9.17, 15) is 14.4 Å². The molecule has 3 aliphatic rings. The molecule has 1 atom stereocenters. The van der Waals surface area contributed by atoms with Gasteiger partial charge in [0.2, 0.25) is 5.95 Å². The zero-order valence-corrected chi connectivity index (χ0v) is 35.9. The maximum Gasteiger partial charge on any atom is 0.229 e. The van der Waals surface area contributed by atoms with Crippen LogP contribution in [0.15, 0.2) is 54.9 Å². The van der Waals surface area contributed by atoms with E-state index < -0.39 is 17.7 Å². The van der Waals surface area contributed by atoms with E-state index in [1.54, 1.807) is 12.1 Å². The summed E-state index contributed by atoms with van der Waals surface area (Å²) in [5.74, 6) is 6.69. The van der Waals surface area contributed by atoms with Crippen LogP contribution in [0.5, 0.6) is 5.75 Å². The van der Waals surface area contributed by atoms with Crippen molar-refractivity contribution < 1.29 is 27.9 Å². The summed E-state index contributed by atoms with van der Waals surface area (Å²) in [6.45, 7) is 10.5. The second kappa shape index (κ2) is 21.0. The van der Waals surface area contributed by atoms with E-state index in [1.807, 2.05) is 55.1 Å². The maximum atomic E-state index is 15.2. The molecule has 2 saturated heterocycles. The van der Waals surface area contributed by atoms with Gasteiger partial charge in [-0.15, -0.1) is 0 Å². The minimum atomic E-state index is -0.653. The fourth-order valence-corrected chi connectivity index (χ4v) is 8.92. The van der Waals surface area contributed by atoms with Gasteiger partial charge in [-0.3, -0.25) is 9.69 Å². The molecule has 2 fully saturated rings. The molecule has 0 spiro atoms. The Hall–Kier alpha value is -5.62. The standard InChI is InChI=1S/C48H56F2N8O4/c1-33(2)58-23-25-62-47-42(49)26-38(27-44(47)58)46-43(50)29-52-48(54-46)53-45-13-12-36(28-51-45)34-14-21-57(22-15-34)39-16-19-56(20-17-39)18-5-4-8-35-9-6-10-37(31-60)41(35)30-55(3)40(32-61)11-7-24-59/h6,9-10,12-13,24,26-29,31-34,39-40H,5,7,11,14-23,25,30H2,1-3H3,(H,51,52,53,54). The molecule has 14 heteroatoms. The first-order valence-corrected chi connectivity index (χ1v) is 21.8. The Kier molecular flexibility index (Phi) is 15.0. The normalized spacial score (nSPS) is 16.9. The average molecular weight is 847 g/mol. The highest BCUT2D eigenvalue weighted by atomic mass is 19.1. The number of aldehydes is 3. The van der Waals surface area contributed by atoms with Crippen molar-refractivity contribution in [2.24, 2.45) is 0 Å². The summed E-state index contributed by atoms with van der Waals surface area (Å²) in [4.78, 5) is 56.6. The largest absolute Gasteiger partial charge is 0.486 e. The first kappa shape index (κ1) is 44.4. The zero-order valence-electron chi connectivity index (χ0n) is 35.9. The van der Waals surface area contributed by atoms with Crippen LogP contribution >= 0.6 is 0 Å². The molecular formula is C48H56F2N8O4. The molecular weight excluding hydrogens is 791 g/mol. The van der Waals surface area contributed by atoms with Crippen LogP contribution in [0.2, 0.25) is 0 Å². The number of nitrogens with one attached hydrogen (secondary N) is 1. The van der Waals surface area contributed by atoms with Crippen LogP contribution in [0, 0.1) is 23.5 Å². The number of likely N-dealkylation sites (N-methyl/N-ethyl adjacent to an activating group) is 1. The lowest BCUT2D eigenvalue weighted by atomic mass is 9.89. The van der Waals surface area contributed by atoms with Crippen molar-refractivity contribution in [1.82, 2.24) is 29.7 Å². The number of benzene rings is 2. The van der Waals surface area contributed by atoms with Gasteiger partial charge in [-0.2, -0.15) is 0 Å². The van der Waals surface area contributed by atoms with Crippen molar-refractivity contribution >= 4 is 36.3 Å². The Morgan fingerprint density at radius 2 is 1.77 bits per heavy atom. The Bertz CT molecular complexity index is 2250. The number of piperidine rings is 2. The molecule has 2 aromatic carbocycles. The Labute approximate surface area is 363 Å². The van der Waals surface area contributed by atoms with E-state index >= 15 is 8.78 Å². The number of anilines is 3. The Balaban J connectivity index is 0.871. The van der Waals surface area contributed by atoms with Gasteiger partial charge in [0.1, 0.15) is 37.0 Å². The third-order valence-corrected chi connectivity index (χ3v) is 12.5. The number of fused-ring (bicyclic) bond motifs is 1. The van der Waals surface area contributed by atoms with Crippen molar-refractivity contribution in [2.75, 3.05) is 63.1 Å². The maximum absolute atomic E-state index is 15.2. The van der Waals surface area contributed by atoms with Gasteiger partial charge in [0.05, 0.1) is 24.5 Å². The van der Waals surface area contributed by atoms with Gasteiger partial charge in [-0.25, -0.2) is 23.7 Å². The molecule has 4 aromatic rings. The molecule has 0 amide bonds. The Morgan fingerprint density at radius 1 is 0.968 bits per heavy atom. The van der Waals surface area contributed by atoms with Crippen LogP contribution in [0.3, 0.4) is 0 Å². The molecule has 0 bridgehead atoms. The van der Waals surface area contributed by atoms with Gasteiger partial charge in [-0.05, 0) is 120 Å². The van der Waals surface area contributed by atoms with Gasteiger partial charge in [0, 0.05) is 60.9 Å². The quantitative estimate of drug-likeness (QED) is 0.0919. The fourth-order valence-electron chi connectivity index (χ4n) is 8.92. The molecule has 1 N–H and O–H groups in total. The number of ether oxygens (including phenoxy) is 1. The third-order valence-electron chi connectivity index (χ3n) is 12.5. The van der Waals surface area contributed by atoms with E-state index in [4.69, 9.17) is 4.74 Å². The van der Waals surface area contributed by atoms with Crippen molar-refractivity contribution in [3.8, 4) is 28.8 Å². The number of likely N-dealkylation sites (tertiary alicyclic amines) is 2. The van der Waals surface area contributed by atoms with Gasteiger partial charge in [0.15, 0.2) is 17.4 Å². The molecule has 0 radical (unpaired) electrons. The minimum Gasteiger partial charge on any atom is -0.486 e. The van der Waals surface area contributed by atoms with Crippen molar-refractivity contribution in [2.45, 2.75) is 89.4 Å². The van der Waals surface area contributed by atoms with Crippen molar-refractivity contribution in [3.05, 3.63) is 88.7 Å². The SMILES string of the molecule is CC(C)N1CCOc2c(F)cc(-c3nc(Nc4ccc(C5CCN(C6CCN(CCC#Cc7cccc(C=O)c7CN(C)C(C=O)CCC=O)CC6)CC5)cn4)ncc3F)cc21. The second-order valence-electron chi connectivity index (χ2n) is 16.7. The molecule has 326 valence electrons. The van der Waals surface area contributed by atoms with Gasteiger partial charge < -0.3 is 34.3 Å². The van der Waals surface area contributed by atoms with Crippen LogP contribution < -0.4 is 15.0 Å². The average Bonchev–Trinajstić information content (AvgIpc) is 3.29. The lowest BCUT2D eigenvalue weighted by molar-refractivity contribution is -0.113. The number of pyridine rings is 1. The number of hydrogen-bond donors (Lipinski definition) is 1. The Morgan fingerprint density at radius 3 is 2.48 bits per heavy atom. The van der Waals surface area contributed by atoms with Crippen LogP contribution in [-0.4, -0.2) is 120 Å². The number of aromatic nitrogens is 3. The summed E-state index contributed by atoms with van der Waals surface area (Å²) in [6.07, 6.45) is 11.3. The summed E-state index contributed by atoms with van der Waals surface area (Å²) in [5, 5.41) is 3.10. The molecule has 5 heterocycles. The number of carbonyl (C=O) groups excluding carboxylic acids is 3. The highest BCUT2D eigenvalue weighted by Crippen LogP contribution is 2.39. The summed E-state index contributed by atoms with van der Waals surface area (Å²) in [7, 11) is 1.83. The van der Waals surface area contributed by atoms with E-state index in [2.05, 4.69) is 48.0 Å². The van der Waals surface area contributed by atoms with Gasteiger partial charge in [0.25, 0.3) is 0 Å². The number of halogens is 2. The van der Waals surface area contributed by atoms with Crippen LogP contribution in [0.1, 0.15) is 91.8 Å². The summed E-state index contributed by atoms with van der Waals surface area (Å²) in [6, 6.07) is 12.7. The summed E-state index contributed by atoms with van der Waals surface area (Å²) >= 11 is 0. The van der Waals surface area contributed by atoms with Crippen LogP contribution in [0.4, 0.5) is 26.2 Å². The number of hydrogen-bond acceptors (Lipinski definition) is 12. The molecule has 0 aliphatic carbocycles. The highest BCUT2D eigenvalue weighted by molar-refractivity contribution is 5.79. The van der Waals surface area contributed by atoms with Crippen molar-refractivity contribution in [3.63, 3.8) is 0 Å². The van der Waals surface area contributed by atoms with Gasteiger partial charge in [-0.1, -0.05) is 30.0 Å². The summed E-state index contributed by atoms with van der Waals surface area (Å²) < 4.78 is 35.9. The summed E-state index contributed by atoms with van der Waals surface area (Å²) in [5.41, 5.74) is 4.21. The van der Waals surface area contributed by atoms with E-state index in [0.29, 0.717) is 67.1 Å². The number of nitrogens with zero attached hydrogens (tertiary/aromatic N) is 7. The van der Waals surface area contributed by atoms with E-state index in [1.165, 1.54) is 11.6 Å². The molecule has 62 heavy (non-hydrogen) atoms. The molecule has 12 nitrogen and oxygen atoms in total. The fraction of sp³-hybridized carbons (Fsp3) is 0.458. The topological polar surface area (TPSA) is 124 Å². The lowest BCUT2D eigenvalue weighted by Gasteiger charge is -2.41. The molecule has 0 saturated carbocycles. The van der Waals surface area contributed by atoms with Crippen molar-refractivity contribution in [1.29, 1.82) is 0 Å². The monoisotopic (exact) mass is 846 g/mol. The van der Waals surface area contributed by atoms with E-state index in [-0.39, 0.29) is 23.4 Å². The second-order valence-corrected chi connectivity index (χ2v) is 16.7. The number of rotatable bonds is 16. The third kappa shape index (κ3) is 10.7. The zero-order chi connectivity index (χ0) is 43.6.